The smallest absolute Gasteiger partial charge is 0.160 e. The highest BCUT2D eigenvalue weighted by Gasteiger charge is 2.23. The normalized spacial score (nSPS) is 15.1. The number of aliphatic hydroxyl groups excluding tert-OH is 1. The van der Waals surface area contributed by atoms with Gasteiger partial charge >= 0.3 is 0 Å². The molecule has 0 bridgehead atoms. The standard InChI is InChI=1S/C28H25N7OS/c36-28(16-4-1-2-5-16)31-19-12-18(14-29-15-19)17-7-8-22-21(13-17)25(35-34-22)27-32-24-20(23-6-3-11-37-23)9-10-30-26(24)33-27/h3,6-16,28,31,36H,1-2,4-5H2,(H,34,35)(H,30,32,33). The van der Waals surface area contributed by atoms with Gasteiger partial charge in [-0.05, 0) is 54.1 Å². The van der Waals surface area contributed by atoms with E-state index in [1.54, 1.807) is 23.7 Å². The fraction of sp³-hybridized carbons (Fsp3) is 0.214. The largest absolute Gasteiger partial charge is 0.374 e. The molecule has 1 unspecified atom stereocenters. The van der Waals surface area contributed by atoms with Crippen LogP contribution in [-0.4, -0.2) is 41.5 Å². The molecule has 5 aromatic heterocycles. The number of fused-ring (bicyclic) bond motifs is 2. The van der Waals surface area contributed by atoms with Gasteiger partial charge in [0.05, 0.1) is 17.4 Å². The maximum atomic E-state index is 10.6. The first-order chi connectivity index (χ1) is 18.2. The molecule has 7 rings (SSSR count). The Balaban J connectivity index is 1.24. The van der Waals surface area contributed by atoms with Crippen LogP contribution < -0.4 is 5.32 Å². The summed E-state index contributed by atoms with van der Waals surface area (Å²) in [7, 11) is 0. The molecule has 1 aromatic carbocycles. The molecule has 184 valence electrons. The van der Waals surface area contributed by atoms with E-state index in [0.717, 1.165) is 67.9 Å². The van der Waals surface area contributed by atoms with E-state index in [-0.39, 0.29) is 0 Å². The zero-order chi connectivity index (χ0) is 24.8. The fourth-order valence-electron chi connectivity index (χ4n) is 5.27. The minimum absolute atomic E-state index is 0.298. The van der Waals surface area contributed by atoms with Crippen LogP contribution in [0.25, 0.3) is 55.2 Å². The van der Waals surface area contributed by atoms with Gasteiger partial charge in [0, 0.05) is 39.7 Å². The van der Waals surface area contributed by atoms with Crippen molar-refractivity contribution in [3.63, 3.8) is 0 Å². The number of hydrogen-bond donors (Lipinski definition) is 4. The first-order valence-corrected chi connectivity index (χ1v) is 13.4. The summed E-state index contributed by atoms with van der Waals surface area (Å²) < 4.78 is 0. The summed E-state index contributed by atoms with van der Waals surface area (Å²) in [4.78, 5) is 18.3. The Morgan fingerprint density at radius 1 is 1.05 bits per heavy atom. The highest BCUT2D eigenvalue weighted by molar-refractivity contribution is 7.13. The topological polar surface area (TPSA) is 115 Å². The Bertz CT molecular complexity index is 1700. The number of hydrogen-bond acceptors (Lipinski definition) is 7. The van der Waals surface area contributed by atoms with Crippen LogP contribution in [0.5, 0.6) is 0 Å². The number of nitrogens with zero attached hydrogens (tertiary/aromatic N) is 4. The lowest BCUT2D eigenvalue weighted by molar-refractivity contribution is 0.137. The predicted molar refractivity (Wildman–Crippen MR) is 147 cm³/mol. The second kappa shape index (κ2) is 9.10. The number of imidazole rings is 1. The van der Waals surface area contributed by atoms with Gasteiger partial charge in [-0.1, -0.05) is 25.0 Å². The van der Waals surface area contributed by atoms with Gasteiger partial charge in [0.25, 0.3) is 0 Å². The van der Waals surface area contributed by atoms with Gasteiger partial charge in [-0.2, -0.15) is 5.10 Å². The SMILES string of the molecule is OC(Nc1cncc(-c2ccc3[nH]nc(-c4nc5c(-c6cccs6)ccnc5[nH]4)c3c2)c1)C1CCCC1. The molecule has 0 aliphatic heterocycles. The summed E-state index contributed by atoms with van der Waals surface area (Å²) in [5, 5.41) is 24.6. The molecule has 1 fully saturated rings. The van der Waals surface area contributed by atoms with E-state index in [2.05, 4.69) is 48.0 Å². The molecule has 1 atom stereocenters. The maximum Gasteiger partial charge on any atom is 0.160 e. The number of aliphatic hydroxyl groups is 1. The molecule has 9 heteroatoms. The van der Waals surface area contributed by atoms with Crippen molar-refractivity contribution in [1.82, 2.24) is 30.1 Å². The minimum Gasteiger partial charge on any atom is -0.374 e. The first-order valence-electron chi connectivity index (χ1n) is 12.5. The van der Waals surface area contributed by atoms with E-state index in [4.69, 9.17) is 4.98 Å². The number of pyridine rings is 2. The van der Waals surface area contributed by atoms with Gasteiger partial charge in [0.1, 0.15) is 17.4 Å². The molecule has 0 spiro atoms. The maximum absolute atomic E-state index is 10.6. The van der Waals surface area contributed by atoms with Crippen molar-refractivity contribution >= 4 is 39.1 Å². The molecule has 37 heavy (non-hydrogen) atoms. The summed E-state index contributed by atoms with van der Waals surface area (Å²) in [5.74, 6) is 0.968. The van der Waals surface area contributed by atoms with E-state index in [1.807, 2.05) is 36.5 Å². The fourth-order valence-corrected chi connectivity index (χ4v) is 6.02. The van der Waals surface area contributed by atoms with Crippen LogP contribution in [0.15, 0.2) is 66.4 Å². The third-order valence-corrected chi connectivity index (χ3v) is 8.09. The van der Waals surface area contributed by atoms with Crippen molar-refractivity contribution in [2.24, 2.45) is 5.92 Å². The van der Waals surface area contributed by atoms with Crippen molar-refractivity contribution in [3.05, 3.63) is 66.4 Å². The van der Waals surface area contributed by atoms with E-state index >= 15 is 0 Å². The van der Waals surface area contributed by atoms with Crippen LogP contribution in [0.3, 0.4) is 0 Å². The van der Waals surface area contributed by atoms with Gasteiger partial charge in [-0.3, -0.25) is 10.1 Å². The van der Waals surface area contributed by atoms with Gasteiger partial charge in [-0.15, -0.1) is 11.3 Å². The zero-order valence-electron chi connectivity index (χ0n) is 20.0. The molecule has 4 N–H and O–H groups in total. The molecule has 1 aliphatic carbocycles. The quantitative estimate of drug-likeness (QED) is 0.199. The third kappa shape index (κ3) is 4.06. The van der Waals surface area contributed by atoms with Crippen molar-refractivity contribution in [2.45, 2.75) is 31.9 Å². The zero-order valence-corrected chi connectivity index (χ0v) is 20.8. The molecule has 0 saturated heterocycles. The number of thiophene rings is 1. The number of aromatic nitrogens is 6. The summed E-state index contributed by atoms with van der Waals surface area (Å²) in [5.41, 5.74) is 7.06. The van der Waals surface area contributed by atoms with Crippen LogP contribution in [-0.2, 0) is 0 Å². The second-order valence-corrected chi connectivity index (χ2v) is 10.5. The third-order valence-electron chi connectivity index (χ3n) is 7.19. The molecule has 1 saturated carbocycles. The first kappa shape index (κ1) is 22.1. The Morgan fingerprint density at radius 2 is 1.97 bits per heavy atom. The lowest BCUT2D eigenvalue weighted by Crippen LogP contribution is -2.26. The number of anilines is 1. The van der Waals surface area contributed by atoms with Crippen LogP contribution in [0.4, 0.5) is 5.69 Å². The molecule has 6 aromatic rings. The number of rotatable bonds is 6. The highest BCUT2D eigenvalue weighted by Crippen LogP contribution is 2.34. The van der Waals surface area contributed by atoms with Crippen molar-refractivity contribution in [3.8, 4) is 33.1 Å². The van der Waals surface area contributed by atoms with E-state index in [1.165, 1.54) is 12.8 Å². The van der Waals surface area contributed by atoms with Crippen LogP contribution in [0, 0.1) is 5.92 Å². The van der Waals surface area contributed by atoms with Crippen LogP contribution >= 0.6 is 11.3 Å². The molecular weight excluding hydrogens is 482 g/mol. The van der Waals surface area contributed by atoms with Crippen molar-refractivity contribution in [1.29, 1.82) is 0 Å². The Hall–Kier alpha value is -4.08. The van der Waals surface area contributed by atoms with Gasteiger partial charge in [0.2, 0.25) is 0 Å². The monoisotopic (exact) mass is 507 g/mol. The average molecular weight is 508 g/mol. The molecular formula is C28H25N7OS. The van der Waals surface area contributed by atoms with Crippen LogP contribution in [0.2, 0.25) is 0 Å². The lowest BCUT2D eigenvalue weighted by Gasteiger charge is -2.20. The summed E-state index contributed by atoms with van der Waals surface area (Å²) in [6.45, 7) is 0. The average Bonchev–Trinajstić information content (AvgIpc) is 3.74. The molecule has 0 radical (unpaired) electrons. The van der Waals surface area contributed by atoms with E-state index < -0.39 is 6.23 Å². The number of nitrogens with one attached hydrogen (secondary N) is 3. The summed E-state index contributed by atoms with van der Waals surface area (Å²) >= 11 is 1.68. The van der Waals surface area contributed by atoms with Gasteiger partial charge in [-0.25, -0.2) is 9.97 Å². The highest BCUT2D eigenvalue weighted by atomic mass is 32.1. The molecule has 0 amide bonds. The van der Waals surface area contributed by atoms with E-state index in [9.17, 15) is 5.11 Å². The second-order valence-electron chi connectivity index (χ2n) is 9.55. The Labute approximate surface area is 216 Å². The lowest BCUT2D eigenvalue weighted by atomic mass is 10.0. The van der Waals surface area contributed by atoms with Gasteiger partial charge < -0.3 is 15.4 Å². The minimum atomic E-state index is -0.553. The molecule has 8 nitrogen and oxygen atoms in total. The molecule has 1 aliphatic rings. The van der Waals surface area contributed by atoms with Crippen molar-refractivity contribution in [2.75, 3.05) is 5.32 Å². The summed E-state index contributed by atoms with van der Waals surface area (Å²) in [6.07, 6.45) is 9.35. The van der Waals surface area contributed by atoms with Crippen LogP contribution in [0.1, 0.15) is 25.7 Å². The summed E-state index contributed by atoms with van der Waals surface area (Å²) in [6, 6.07) is 14.3. The van der Waals surface area contributed by atoms with Crippen molar-refractivity contribution < 1.29 is 5.11 Å². The number of benzene rings is 1. The van der Waals surface area contributed by atoms with Gasteiger partial charge in [0.15, 0.2) is 11.5 Å². The Kier molecular flexibility index (Phi) is 5.44. The Morgan fingerprint density at radius 3 is 2.84 bits per heavy atom. The van der Waals surface area contributed by atoms with E-state index in [0.29, 0.717) is 11.7 Å². The molecule has 5 heterocycles. The number of aromatic amines is 2. The number of H-pyrrole nitrogens is 2. The predicted octanol–water partition coefficient (Wildman–Crippen LogP) is 6.21.